The van der Waals surface area contributed by atoms with Gasteiger partial charge in [-0.15, -0.1) is 0 Å². The maximum atomic E-state index is 12.9. The topological polar surface area (TPSA) is 55.1 Å². The van der Waals surface area contributed by atoms with Gasteiger partial charge in [-0.25, -0.2) is 0 Å². The Labute approximate surface area is 153 Å². The van der Waals surface area contributed by atoms with Crippen molar-refractivity contribution in [3.05, 3.63) is 88.8 Å². The maximum Gasteiger partial charge on any atom is 0.274 e. The van der Waals surface area contributed by atoms with Gasteiger partial charge in [-0.3, -0.25) is 4.79 Å². The summed E-state index contributed by atoms with van der Waals surface area (Å²) >= 11 is 0. The van der Waals surface area contributed by atoms with Gasteiger partial charge < -0.3 is 9.84 Å². The Hall–Kier alpha value is -2.88. The van der Waals surface area contributed by atoms with Crippen molar-refractivity contribution < 1.29 is 9.32 Å². The molecule has 3 aromatic rings. The van der Waals surface area contributed by atoms with Gasteiger partial charge in [0.05, 0.1) is 6.04 Å². The van der Waals surface area contributed by atoms with Crippen LogP contribution in [-0.4, -0.2) is 11.1 Å². The summed E-state index contributed by atoms with van der Waals surface area (Å²) in [5, 5.41) is 7.24. The molecule has 0 radical (unpaired) electrons. The first-order chi connectivity index (χ1) is 12.8. The number of aromatic nitrogens is 1. The van der Waals surface area contributed by atoms with Crippen molar-refractivity contribution in [3.8, 4) is 0 Å². The highest BCUT2D eigenvalue weighted by molar-refractivity contribution is 5.94. The van der Waals surface area contributed by atoms with E-state index in [1.807, 2.05) is 48.5 Å². The molecule has 0 fully saturated rings. The van der Waals surface area contributed by atoms with Crippen molar-refractivity contribution in [3.63, 3.8) is 0 Å². The highest BCUT2D eigenvalue weighted by atomic mass is 16.5. The molecule has 26 heavy (non-hydrogen) atoms. The zero-order valence-electron chi connectivity index (χ0n) is 14.7. The molecule has 1 aliphatic carbocycles. The predicted octanol–water partition coefficient (Wildman–Crippen LogP) is 4.27. The smallest absolute Gasteiger partial charge is 0.274 e. The summed E-state index contributed by atoms with van der Waals surface area (Å²) < 4.78 is 5.40. The Morgan fingerprint density at radius 3 is 2.46 bits per heavy atom. The van der Waals surface area contributed by atoms with Crippen molar-refractivity contribution in [2.24, 2.45) is 0 Å². The van der Waals surface area contributed by atoms with Crippen molar-refractivity contribution in [1.82, 2.24) is 10.5 Å². The molecule has 1 unspecified atom stereocenters. The molecule has 4 rings (SSSR count). The van der Waals surface area contributed by atoms with Gasteiger partial charge in [-0.1, -0.05) is 65.8 Å². The van der Waals surface area contributed by atoms with Gasteiger partial charge in [-0.05, 0) is 36.8 Å². The Morgan fingerprint density at radius 2 is 1.69 bits per heavy atom. The normalized spacial score (nSPS) is 14.5. The van der Waals surface area contributed by atoms with Gasteiger partial charge in [0, 0.05) is 12.0 Å². The average molecular weight is 346 g/mol. The van der Waals surface area contributed by atoms with Crippen LogP contribution in [0.15, 0.2) is 65.2 Å². The Balaban J connectivity index is 1.58. The maximum absolute atomic E-state index is 12.9. The molecule has 4 nitrogen and oxygen atoms in total. The SMILES string of the molecule is O=C(NC(Cc1ccccc1)c1ccccc1)c1noc2c1CCCC2. The van der Waals surface area contributed by atoms with E-state index in [-0.39, 0.29) is 11.9 Å². The molecule has 1 amide bonds. The van der Waals surface area contributed by atoms with E-state index in [0.717, 1.165) is 49.0 Å². The Morgan fingerprint density at radius 1 is 1.00 bits per heavy atom. The van der Waals surface area contributed by atoms with Crippen LogP contribution in [0.5, 0.6) is 0 Å². The minimum absolute atomic E-state index is 0.109. The molecule has 1 aromatic heterocycles. The minimum Gasteiger partial charge on any atom is -0.360 e. The quantitative estimate of drug-likeness (QED) is 0.751. The van der Waals surface area contributed by atoms with Crippen LogP contribution in [0, 0.1) is 0 Å². The van der Waals surface area contributed by atoms with Crippen molar-refractivity contribution in [2.75, 3.05) is 0 Å². The number of amides is 1. The zero-order chi connectivity index (χ0) is 17.8. The summed E-state index contributed by atoms with van der Waals surface area (Å²) in [4.78, 5) is 12.9. The number of nitrogens with zero attached hydrogens (tertiary/aromatic N) is 1. The molecule has 0 saturated carbocycles. The second-order valence-corrected chi connectivity index (χ2v) is 6.77. The van der Waals surface area contributed by atoms with Gasteiger partial charge in [0.25, 0.3) is 5.91 Å². The van der Waals surface area contributed by atoms with Gasteiger partial charge in [-0.2, -0.15) is 0 Å². The van der Waals surface area contributed by atoms with Crippen LogP contribution in [0.3, 0.4) is 0 Å². The monoisotopic (exact) mass is 346 g/mol. The first-order valence-corrected chi connectivity index (χ1v) is 9.18. The van der Waals surface area contributed by atoms with Crippen molar-refractivity contribution >= 4 is 5.91 Å². The van der Waals surface area contributed by atoms with E-state index < -0.39 is 0 Å². The first kappa shape index (κ1) is 16.6. The molecule has 0 spiro atoms. The van der Waals surface area contributed by atoms with Crippen LogP contribution in [0.4, 0.5) is 0 Å². The fraction of sp³-hybridized carbons (Fsp3) is 0.273. The second-order valence-electron chi connectivity index (χ2n) is 6.77. The molecule has 2 aromatic carbocycles. The summed E-state index contributed by atoms with van der Waals surface area (Å²) in [6.07, 6.45) is 4.67. The van der Waals surface area contributed by atoms with Gasteiger partial charge >= 0.3 is 0 Å². The highest BCUT2D eigenvalue weighted by Crippen LogP contribution is 2.25. The summed E-state index contributed by atoms with van der Waals surface area (Å²) in [5.41, 5.74) is 3.71. The third-order valence-corrected chi connectivity index (χ3v) is 4.96. The van der Waals surface area contributed by atoms with Crippen LogP contribution >= 0.6 is 0 Å². The largest absolute Gasteiger partial charge is 0.360 e. The summed E-state index contributed by atoms with van der Waals surface area (Å²) in [7, 11) is 0. The number of benzene rings is 2. The predicted molar refractivity (Wildman–Crippen MR) is 99.9 cm³/mol. The average Bonchev–Trinajstić information content (AvgIpc) is 3.13. The standard InChI is InChI=1S/C22H22N2O2/c25-22(21-18-13-7-8-14-20(18)26-24-21)23-19(17-11-5-2-6-12-17)15-16-9-3-1-4-10-16/h1-6,9-12,19H,7-8,13-15H2,(H,23,25). The molecule has 0 saturated heterocycles. The van der Waals surface area contributed by atoms with E-state index in [1.54, 1.807) is 0 Å². The van der Waals surface area contributed by atoms with E-state index >= 15 is 0 Å². The molecule has 0 bridgehead atoms. The molecule has 4 heteroatoms. The molecule has 1 N–H and O–H groups in total. The van der Waals surface area contributed by atoms with Gasteiger partial charge in [0.15, 0.2) is 5.69 Å². The third kappa shape index (κ3) is 3.54. The molecule has 1 aliphatic rings. The van der Waals surface area contributed by atoms with E-state index in [9.17, 15) is 4.79 Å². The number of fused-ring (bicyclic) bond motifs is 1. The van der Waals surface area contributed by atoms with E-state index in [1.165, 1.54) is 5.56 Å². The Kier molecular flexibility index (Phi) is 4.82. The molecule has 132 valence electrons. The lowest BCUT2D eigenvalue weighted by Gasteiger charge is -2.19. The summed E-state index contributed by atoms with van der Waals surface area (Å²) in [6.45, 7) is 0. The molecule has 1 atom stereocenters. The fourth-order valence-electron chi connectivity index (χ4n) is 3.58. The van der Waals surface area contributed by atoms with Crippen LogP contribution in [0.2, 0.25) is 0 Å². The minimum atomic E-state index is -0.151. The lowest BCUT2D eigenvalue weighted by Crippen LogP contribution is -2.31. The highest BCUT2D eigenvalue weighted by Gasteiger charge is 2.26. The van der Waals surface area contributed by atoms with Crippen molar-refractivity contribution in [1.29, 1.82) is 0 Å². The number of hydrogen-bond acceptors (Lipinski definition) is 3. The Bertz CT molecular complexity index is 872. The molecular weight excluding hydrogens is 324 g/mol. The molecular formula is C22H22N2O2. The van der Waals surface area contributed by atoms with Crippen LogP contribution in [0.25, 0.3) is 0 Å². The second kappa shape index (κ2) is 7.56. The number of hydrogen-bond donors (Lipinski definition) is 1. The number of carbonyl (C=O) groups is 1. The molecule has 1 heterocycles. The zero-order valence-corrected chi connectivity index (χ0v) is 14.7. The third-order valence-electron chi connectivity index (χ3n) is 4.96. The van der Waals surface area contributed by atoms with Crippen molar-refractivity contribution in [2.45, 2.75) is 38.1 Å². The van der Waals surface area contributed by atoms with E-state index in [0.29, 0.717) is 5.69 Å². The van der Waals surface area contributed by atoms with Crippen LogP contribution < -0.4 is 5.32 Å². The van der Waals surface area contributed by atoms with Gasteiger partial charge in [0.1, 0.15) is 5.76 Å². The number of aryl methyl sites for hydroxylation is 1. The lowest BCUT2D eigenvalue weighted by molar-refractivity contribution is 0.0926. The van der Waals surface area contributed by atoms with E-state index in [4.69, 9.17) is 4.52 Å². The number of nitrogens with one attached hydrogen (secondary N) is 1. The van der Waals surface area contributed by atoms with Crippen LogP contribution in [-0.2, 0) is 19.3 Å². The fourth-order valence-corrected chi connectivity index (χ4v) is 3.58. The summed E-state index contributed by atoms with van der Waals surface area (Å²) in [5.74, 6) is 0.724. The lowest BCUT2D eigenvalue weighted by atomic mass is 9.95. The number of carbonyl (C=O) groups excluding carboxylic acids is 1. The first-order valence-electron chi connectivity index (χ1n) is 9.18. The number of rotatable bonds is 5. The summed E-state index contributed by atoms with van der Waals surface area (Å²) in [6, 6.07) is 20.2. The van der Waals surface area contributed by atoms with Crippen LogP contribution in [0.1, 0.15) is 51.8 Å². The van der Waals surface area contributed by atoms with Gasteiger partial charge in [0.2, 0.25) is 0 Å². The molecule has 0 aliphatic heterocycles. The van der Waals surface area contributed by atoms with E-state index in [2.05, 4.69) is 22.6 Å².